The van der Waals surface area contributed by atoms with Crippen LogP contribution in [0.3, 0.4) is 0 Å². The van der Waals surface area contributed by atoms with E-state index in [1.165, 1.54) is 31.4 Å². The van der Waals surface area contributed by atoms with E-state index in [1.54, 1.807) is 11.5 Å². The molecule has 1 aromatic heterocycles. The normalized spacial score (nSPS) is 19.1. The van der Waals surface area contributed by atoms with Crippen molar-refractivity contribution < 1.29 is 0 Å². The fourth-order valence-electron chi connectivity index (χ4n) is 2.10. The van der Waals surface area contributed by atoms with Crippen LogP contribution in [-0.2, 0) is 6.42 Å². The summed E-state index contributed by atoms with van der Waals surface area (Å²) in [6.07, 6.45) is 6.46. The molecule has 2 rings (SSSR count). The number of rotatable bonds is 5. The van der Waals surface area contributed by atoms with E-state index in [2.05, 4.69) is 32.2 Å². The highest BCUT2D eigenvalue weighted by Gasteiger charge is 2.33. The van der Waals surface area contributed by atoms with Crippen molar-refractivity contribution in [1.82, 2.24) is 9.36 Å². The molecular weight excluding hydrogens is 304 g/mol. The van der Waals surface area contributed by atoms with E-state index < -0.39 is 0 Å². The van der Waals surface area contributed by atoms with Crippen molar-refractivity contribution in [3.8, 4) is 0 Å². The Morgan fingerprint density at radius 2 is 2.19 bits per heavy atom. The summed E-state index contributed by atoms with van der Waals surface area (Å²) in [6.45, 7) is 2.10. The molecule has 16 heavy (non-hydrogen) atoms. The molecule has 1 saturated carbocycles. The van der Waals surface area contributed by atoms with Crippen molar-refractivity contribution in [2.24, 2.45) is 5.41 Å². The molecule has 0 N–H and O–H groups in total. The lowest BCUT2D eigenvalue weighted by Crippen LogP contribution is -2.21. The summed E-state index contributed by atoms with van der Waals surface area (Å²) in [4.78, 5) is 4.51. The summed E-state index contributed by atoms with van der Waals surface area (Å²) < 4.78 is 5.47. The van der Waals surface area contributed by atoms with Gasteiger partial charge in [-0.3, -0.25) is 0 Å². The van der Waals surface area contributed by atoms with Gasteiger partial charge in [-0.25, -0.2) is 4.98 Å². The number of aryl methyl sites for hydroxylation is 1. The van der Waals surface area contributed by atoms with Crippen molar-refractivity contribution in [3.05, 3.63) is 5.82 Å². The first-order chi connectivity index (χ1) is 7.78. The Morgan fingerprint density at radius 1 is 1.44 bits per heavy atom. The zero-order valence-corrected chi connectivity index (χ0v) is 12.8. The molecule has 1 heterocycles. The Kier molecular flexibility index (Phi) is 4.67. The first-order valence-corrected chi connectivity index (χ1v) is 8.67. The highest BCUT2D eigenvalue weighted by atomic mass is 79.9. The van der Waals surface area contributed by atoms with Gasteiger partial charge < -0.3 is 0 Å². The smallest absolute Gasteiger partial charge is 0.170 e. The number of thioether (sulfide) groups is 1. The molecule has 0 bridgehead atoms. The quantitative estimate of drug-likeness (QED) is 0.602. The van der Waals surface area contributed by atoms with E-state index in [0.29, 0.717) is 5.41 Å². The molecule has 1 aromatic rings. The van der Waals surface area contributed by atoms with Crippen LogP contribution < -0.4 is 0 Å². The van der Waals surface area contributed by atoms with Crippen molar-refractivity contribution in [2.75, 3.05) is 11.1 Å². The average Bonchev–Trinajstić information content (AvgIpc) is 2.96. The summed E-state index contributed by atoms with van der Waals surface area (Å²) in [5, 5.41) is 1.13. The third kappa shape index (κ3) is 2.99. The summed E-state index contributed by atoms with van der Waals surface area (Å²) in [6, 6.07) is 0. The van der Waals surface area contributed by atoms with E-state index in [9.17, 15) is 0 Å². The monoisotopic (exact) mass is 320 g/mol. The van der Waals surface area contributed by atoms with Gasteiger partial charge in [-0.15, -0.1) is 0 Å². The second kappa shape index (κ2) is 5.83. The van der Waals surface area contributed by atoms with E-state index >= 15 is 0 Å². The van der Waals surface area contributed by atoms with Gasteiger partial charge in [0.15, 0.2) is 4.34 Å². The predicted octanol–water partition coefficient (Wildman–Crippen LogP) is 4.15. The maximum atomic E-state index is 4.51. The van der Waals surface area contributed by atoms with Crippen molar-refractivity contribution >= 4 is 39.2 Å². The predicted molar refractivity (Wildman–Crippen MR) is 74.7 cm³/mol. The van der Waals surface area contributed by atoms with Crippen LogP contribution in [0.4, 0.5) is 0 Å². The summed E-state index contributed by atoms with van der Waals surface area (Å²) >= 11 is 7.13. The molecule has 0 aromatic carbocycles. The second-order valence-electron chi connectivity index (χ2n) is 4.46. The van der Waals surface area contributed by atoms with E-state index in [1.807, 2.05) is 11.8 Å². The fraction of sp³-hybridized carbons (Fsp3) is 0.818. The molecule has 0 spiro atoms. The highest BCUT2D eigenvalue weighted by Crippen LogP contribution is 2.43. The molecule has 1 aliphatic rings. The van der Waals surface area contributed by atoms with Gasteiger partial charge in [0.2, 0.25) is 0 Å². The molecule has 1 aliphatic carbocycles. The molecule has 0 unspecified atom stereocenters. The zero-order chi connectivity index (χ0) is 11.4. The van der Waals surface area contributed by atoms with Crippen molar-refractivity contribution in [1.29, 1.82) is 0 Å². The molecule has 1 fully saturated rings. The van der Waals surface area contributed by atoms with Crippen molar-refractivity contribution in [2.45, 2.75) is 43.4 Å². The highest BCUT2D eigenvalue weighted by molar-refractivity contribution is 9.09. The minimum Gasteiger partial charge on any atom is -0.213 e. The maximum Gasteiger partial charge on any atom is 0.170 e. The maximum absolute atomic E-state index is 4.51. The summed E-state index contributed by atoms with van der Waals surface area (Å²) in [5.41, 5.74) is 0.517. The third-order valence-corrected chi connectivity index (χ3v) is 6.63. The largest absolute Gasteiger partial charge is 0.213 e. The number of hydrogen-bond donors (Lipinski definition) is 0. The van der Waals surface area contributed by atoms with Gasteiger partial charge in [0.25, 0.3) is 0 Å². The molecule has 2 nitrogen and oxygen atoms in total. The minimum atomic E-state index is 0.517. The Hall–Kier alpha value is 0.390. The number of nitrogens with zero attached hydrogens (tertiary/aromatic N) is 2. The topological polar surface area (TPSA) is 25.8 Å². The minimum absolute atomic E-state index is 0.517. The summed E-state index contributed by atoms with van der Waals surface area (Å²) in [7, 11) is 0. The molecular formula is C11H17BrN2S2. The Balaban J connectivity index is 1.90. The van der Waals surface area contributed by atoms with E-state index in [0.717, 1.165) is 21.9 Å². The molecule has 0 radical (unpaired) electrons. The lowest BCUT2D eigenvalue weighted by Gasteiger charge is -2.25. The molecule has 0 saturated heterocycles. The van der Waals surface area contributed by atoms with Crippen LogP contribution in [0.2, 0.25) is 0 Å². The van der Waals surface area contributed by atoms with Gasteiger partial charge in [-0.1, -0.05) is 47.5 Å². The SMILES string of the molecule is CCc1nsc(SCC2(CBr)CCCC2)n1. The first-order valence-electron chi connectivity index (χ1n) is 5.79. The number of aromatic nitrogens is 2. The van der Waals surface area contributed by atoms with Crippen LogP contribution in [0.25, 0.3) is 0 Å². The van der Waals surface area contributed by atoms with Gasteiger partial charge >= 0.3 is 0 Å². The van der Waals surface area contributed by atoms with E-state index in [-0.39, 0.29) is 0 Å². The Morgan fingerprint density at radius 3 is 2.75 bits per heavy atom. The second-order valence-corrected chi connectivity index (χ2v) is 6.99. The Bertz CT molecular complexity index is 334. The van der Waals surface area contributed by atoms with Crippen LogP contribution in [0.1, 0.15) is 38.4 Å². The zero-order valence-electron chi connectivity index (χ0n) is 9.54. The standard InChI is InChI=1S/C11H17BrN2S2/c1-2-9-13-10(16-14-9)15-8-11(7-12)5-3-4-6-11/h2-8H2,1H3. The van der Waals surface area contributed by atoms with Crippen molar-refractivity contribution in [3.63, 3.8) is 0 Å². The molecule has 0 aliphatic heterocycles. The molecule has 0 atom stereocenters. The Labute approximate surface area is 114 Å². The lowest BCUT2D eigenvalue weighted by molar-refractivity contribution is 0.405. The molecule has 90 valence electrons. The van der Waals surface area contributed by atoms with Crippen LogP contribution >= 0.6 is 39.2 Å². The van der Waals surface area contributed by atoms with Crippen LogP contribution in [0.5, 0.6) is 0 Å². The summed E-state index contributed by atoms with van der Waals surface area (Å²) in [5.74, 6) is 2.18. The van der Waals surface area contributed by atoms with Gasteiger partial charge in [-0.2, -0.15) is 4.37 Å². The average molecular weight is 321 g/mol. The third-order valence-electron chi connectivity index (χ3n) is 3.22. The lowest BCUT2D eigenvalue weighted by atomic mass is 9.92. The molecule has 0 amide bonds. The number of halogens is 1. The van der Waals surface area contributed by atoms with E-state index in [4.69, 9.17) is 0 Å². The first kappa shape index (κ1) is 12.8. The van der Waals surface area contributed by atoms with Gasteiger partial charge in [0.05, 0.1) is 0 Å². The number of hydrogen-bond acceptors (Lipinski definition) is 4. The fourth-order valence-corrected chi connectivity index (χ4v) is 5.11. The van der Waals surface area contributed by atoms with Crippen LogP contribution in [-0.4, -0.2) is 20.4 Å². The van der Waals surface area contributed by atoms with Crippen LogP contribution in [0, 0.1) is 5.41 Å². The van der Waals surface area contributed by atoms with Gasteiger partial charge in [-0.05, 0) is 29.8 Å². The number of alkyl halides is 1. The van der Waals surface area contributed by atoms with Crippen LogP contribution in [0.15, 0.2) is 4.34 Å². The van der Waals surface area contributed by atoms with Gasteiger partial charge in [0.1, 0.15) is 5.82 Å². The van der Waals surface area contributed by atoms with Gasteiger partial charge in [0, 0.05) is 17.5 Å². The molecule has 5 heteroatoms.